The Hall–Kier alpha value is -3.52. The number of halogens is 1. The number of fused-ring (bicyclic) bond motifs is 2. The molecule has 2 heterocycles. The van der Waals surface area contributed by atoms with E-state index in [2.05, 4.69) is 30.7 Å². The number of carboxylic acid groups (broad SMARTS) is 1. The molecule has 2 aliphatic rings. The van der Waals surface area contributed by atoms with E-state index < -0.39 is 11.8 Å². The van der Waals surface area contributed by atoms with Gasteiger partial charge in [-0.05, 0) is 58.6 Å². The number of benzene rings is 1. The molecule has 0 aliphatic heterocycles. The van der Waals surface area contributed by atoms with Gasteiger partial charge >= 0.3 is 5.97 Å². The summed E-state index contributed by atoms with van der Waals surface area (Å²) in [6.07, 6.45) is 5.01. The van der Waals surface area contributed by atoms with Crippen molar-refractivity contribution >= 4 is 5.97 Å². The molecule has 8 heteroatoms. The van der Waals surface area contributed by atoms with Crippen molar-refractivity contribution in [2.24, 2.45) is 11.3 Å². The molecule has 1 spiro atoms. The fraction of sp³-hybridized carbons (Fsp3) is 0.433. The molecule has 1 fully saturated rings. The lowest BCUT2D eigenvalue weighted by atomic mass is 9.81. The van der Waals surface area contributed by atoms with Gasteiger partial charge in [0.1, 0.15) is 12.4 Å². The molecule has 0 saturated heterocycles. The average molecular weight is 521 g/mol. The summed E-state index contributed by atoms with van der Waals surface area (Å²) in [6, 6.07) is 9.25. The molecule has 200 valence electrons. The molecule has 0 radical (unpaired) electrons. The Morgan fingerprint density at radius 2 is 1.89 bits per heavy atom. The summed E-state index contributed by atoms with van der Waals surface area (Å²) in [5.74, 6) is -0.721. The Morgan fingerprint density at radius 3 is 2.55 bits per heavy atom. The van der Waals surface area contributed by atoms with Gasteiger partial charge in [-0.1, -0.05) is 32.9 Å². The van der Waals surface area contributed by atoms with E-state index in [-0.39, 0.29) is 29.5 Å². The molecule has 5 rings (SSSR count). The lowest BCUT2D eigenvalue weighted by Crippen LogP contribution is -2.21. The fourth-order valence-corrected chi connectivity index (χ4v) is 5.91. The normalized spacial score (nSPS) is 20.7. The predicted octanol–water partition coefficient (Wildman–Crippen LogP) is 5.89. The number of nitrogens with zero attached hydrogens (tertiary/aromatic N) is 2. The number of pyridine rings is 2. The molecule has 2 aliphatic carbocycles. The largest absolute Gasteiger partial charge is 0.481 e. The lowest BCUT2D eigenvalue weighted by molar-refractivity contribution is -0.139. The van der Waals surface area contributed by atoms with E-state index >= 15 is 0 Å². The van der Waals surface area contributed by atoms with Crippen molar-refractivity contribution in [2.45, 2.75) is 58.2 Å². The van der Waals surface area contributed by atoms with E-state index in [1.807, 2.05) is 30.5 Å². The van der Waals surface area contributed by atoms with Gasteiger partial charge < -0.3 is 19.3 Å². The fourth-order valence-electron chi connectivity index (χ4n) is 5.91. The number of hydrogen-bond acceptors (Lipinski definition) is 6. The van der Waals surface area contributed by atoms with Crippen LogP contribution in [0.4, 0.5) is 4.39 Å². The third kappa shape index (κ3) is 4.62. The first-order valence-corrected chi connectivity index (χ1v) is 12.8. The molecular weight excluding hydrogens is 487 g/mol. The van der Waals surface area contributed by atoms with Crippen LogP contribution in [-0.4, -0.2) is 35.3 Å². The zero-order valence-corrected chi connectivity index (χ0v) is 22.4. The molecule has 7 nitrogen and oxygen atoms in total. The van der Waals surface area contributed by atoms with Gasteiger partial charge in [0.05, 0.1) is 25.3 Å². The summed E-state index contributed by atoms with van der Waals surface area (Å²) < 4.78 is 32.2. The number of ether oxygens (including phenoxy) is 3. The summed E-state index contributed by atoms with van der Waals surface area (Å²) in [7, 11) is 3.15. The number of carboxylic acids is 1. The van der Waals surface area contributed by atoms with E-state index in [9.17, 15) is 14.3 Å². The number of aryl methyl sites for hydroxylation is 1. The Kier molecular flexibility index (Phi) is 6.63. The van der Waals surface area contributed by atoms with Gasteiger partial charge in [0.15, 0.2) is 0 Å². The van der Waals surface area contributed by atoms with Crippen molar-refractivity contribution < 1.29 is 28.5 Å². The maximum atomic E-state index is 14.9. The second-order valence-electron chi connectivity index (χ2n) is 11.3. The van der Waals surface area contributed by atoms with E-state index in [4.69, 9.17) is 14.2 Å². The summed E-state index contributed by atoms with van der Waals surface area (Å²) in [5.41, 5.74) is 4.41. The van der Waals surface area contributed by atoms with Crippen LogP contribution in [0.25, 0.3) is 11.1 Å². The van der Waals surface area contributed by atoms with E-state index in [0.717, 1.165) is 41.3 Å². The van der Waals surface area contributed by atoms with Crippen LogP contribution in [0.2, 0.25) is 0 Å². The van der Waals surface area contributed by atoms with Gasteiger partial charge in [-0.25, -0.2) is 14.4 Å². The number of aromatic nitrogens is 2. The van der Waals surface area contributed by atoms with Gasteiger partial charge in [0, 0.05) is 36.4 Å². The number of hydrogen-bond donors (Lipinski definition) is 1. The molecule has 1 N–H and O–H groups in total. The molecule has 0 unspecified atom stereocenters. The third-order valence-electron chi connectivity index (χ3n) is 7.85. The van der Waals surface area contributed by atoms with Crippen LogP contribution in [0.1, 0.15) is 62.0 Å². The quantitative estimate of drug-likeness (QED) is 0.396. The molecule has 0 amide bonds. The summed E-state index contributed by atoms with van der Waals surface area (Å²) in [6.45, 7) is 6.47. The van der Waals surface area contributed by atoms with Gasteiger partial charge in [0.2, 0.25) is 11.8 Å². The monoisotopic (exact) mass is 520 g/mol. The van der Waals surface area contributed by atoms with Crippen LogP contribution in [0, 0.1) is 17.2 Å². The summed E-state index contributed by atoms with van der Waals surface area (Å²) in [5, 5.41) is 9.53. The second kappa shape index (κ2) is 9.66. The Morgan fingerprint density at radius 1 is 1.13 bits per heavy atom. The van der Waals surface area contributed by atoms with Crippen molar-refractivity contribution in [2.75, 3.05) is 14.2 Å². The van der Waals surface area contributed by atoms with Crippen LogP contribution in [0.3, 0.4) is 0 Å². The minimum Gasteiger partial charge on any atom is -0.481 e. The molecule has 3 aromatic rings. The maximum Gasteiger partial charge on any atom is 0.307 e. The van der Waals surface area contributed by atoms with Crippen molar-refractivity contribution in [3.05, 3.63) is 70.8 Å². The molecule has 0 bridgehead atoms. The van der Waals surface area contributed by atoms with E-state index in [1.165, 1.54) is 7.11 Å². The topological polar surface area (TPSA) is 90.8 Å². The minimum atomic E-state index is -0.737. The van der Waals surface area contributed by atoms with Gasteiger partial charge in [-0.2, -0.15) is 0 Å². The Labute approximate surface area is 222 Å². The molecular formula is C30H33FN2O5. The Bertz CT molecular complexity index is 1390. The van der Waals surface area contributed by atoms with Crippen LogP contribution >= 0.6 is 0 Å². The zero-order valence-electron chi connectivity index (χ0n) is 22.4. The minimum absolute atomic E-state index is 0.247. The van der Waals surface area contributed by atoms with Gasteiger partial charge in [-0.3, -0.25) is 4.79 Å². The average Bonchev–Trinajstić information content (AvgIpc) is 3.52. The molecule has 2 aromatic heterocycles. The van der Waals surface area contributed by atoms with Crippen LogP contribution in [0.15, 0.2) is 42.7 Å². The number of carbonyl (C=O) groups is 1. The molecule has 3 atom stereocenters. The third-order valence-corrected chi connectivity index (χ3v) is 7.85. The smallest absolute Gasteiger partial charge is 0.307 e. The van der Waals surface area contributed by atoms with Crippen LogP contribution in [-0.2, 0) is 28.0 Å². The van der Waals surface area contributed by atoms with Crippen LogP contribution < -0.4 is 9.47 Å². The van der Waals surface area contributed by atoms with Gasteiger partial charge in [-0.15, -0.1) is 0 Å². The zero-order chi connectivity index (χ0) is 27.2. The van der Waals surface area contributed by atoms with Gasteiger partial charge in [0.25, 0.3) is 0 Å². The van der Waals surface area contributed by atoms with Crippen molar-refractivity contribution in [3.8, 4) is 22.9 Å². The highest BCUT2D eigenvalue weighted by Gasteiger charge is 2.62. The first-order valence-electron chi connectivity index (χ1n) is 12.8. The number of methoxy groups -OCH3 is 2. The number of aliphatic carboxylic acids is 1. The lowest BCUT2D eigenvalue weighted by Gasteiger charge is -2.32. The first-order chi connectivity index (χ1) is 18.1. The molecule has 1 saturated carbocycles. The SMILES string of the molecule is COc1cc(-c2ccc(COc3cc4c(cn3)CC[C@]43C[C@H]3C(=O)O)cc2[C@H](OC)C(C)(C)C)c(F)cn1. The standard InChI is InChI=1S/C30H33FN2O5/c1-29(2,3)27(37-5)21-10-17(6-7-19(21)20-11-25(36-4)33-15-24(20)31)16-38-26-12-22-18(14-32-26)8-9-30(22)13-23(30)28(34)35/h6-7,10-12,14-15,23,27H,8-9,13,16H2,1-5H3,(H,34,35)/t23-,27-,30-/m0/s1. The van der Waals surface area contributed by atoms with Crippen molar-refractivity contribution in [1.82, 2.24) is 9.97 Å². The van der Waals surface area contributed by atoms with E-state index in [1.54, 1.807) is 13.2 Å². The maximum absolute atomic E-state index is 14.9. The van der Waals surface area contributed by atoms with Crippen LogP contribution in [0.5, 0.6) is 11.8 Å². The number of rotatable bonds is 8. The van der Waals surface area contributed by atoms with Crippen molar-refractivity contribution in [3.63, 3.8) is 0 Å². The first kappa shape index (κ1) is 26.1. The second-order valence-corrected chi connectivity index (χ2v) is 11.3. The predicted molar refractivity (Wildman–Crippen MR) is 140 cm³/mol. The molecule has 1 aromatic carbocycles. The van der Waals surface area contributed by atoms with Crippen molar-refractivity contribution in [1.29, 1.82) is 0 Å². The highest BCUT2D eigenvalue weighted by Crippen LogP contribution is 2.61. The Balaban J connectivity index is 1.45. The summed E-state index contributed by atoms with van der Waals surface area (Å²) in [4.78, 5) is 20.1. The van der Waals surface area contributed by atoms with E-state index in [0.29, 0.717) is 29.3 Å². The highest BCUT2D eigenvalue weighted by molar-refractivity contribution is 5.78. The molecule has 38 heavy (non-hydrogen) atoms. The highest BCUT2D eigenvalue weighted by atomic mass is 19.1. The summed E-state index contributed by atoms with van der Waals surface area (Å²) >= 11 is 0.